The maximum absolute atomic E-state index is 13.4. The van der Waals surface area contributed by atoms with Crippen LogP contribution in [0.1, 0.15) is 13.3 Å². The van der Waals surface area contributed by atoms with Crippen LogP contribution in [0, 0.1) is 5.82 Å². The highest BCUT2D eigenvalue weighted by Gasteiger charge is 2.09. The fraction of sp³-hybridized carbons (Fsp3) is 0.231. The van der Waals surface area contributed by atoms with Crippen LogP contribution in [0.25, 0.3) is 11.4 Å². The first-order chi connectivity index (χ1) is 9.11. The fourth-order valence-electron chi connectivity index (χ4n) is 1.51. The van der Waals surface area contributed by atoms with Crippen molar-refractivity contribution >= 4 is 33.3 Å². The molecule has 100 valence electrons. The molecular weight excluding hydrogens is 333 g/mol. The van der Waals surface area contributed by atoms with Gasteiger partial charge in [-0.2, -0.15) is 0 Å². The lowest BCUT2D eigenvalue weighted by atomic mass is 10.2. The maximum Gasteiger partial charge on any atom is 0.161 e. The Balaban J connectivity index is 2.36. The zero-order valence-corrected chi connectivity index (χ0v) is 12.6. The average Bonchev–Trinajstić information content (AvgIpc) is 2.41. The molecule has 0 spiro atoms. The van der Waals surface area contributed by atoms with Gasteiger partial charge in [-0.05, 0) is 40.5 Å². The molecule has 0 aliphatic rings. The molecule has 0 atom stereocenters. The molecule has 6 heteroatoms. The van der Waals surface area contributed by atoms with E-state index in [0.29, 0.717) is 17.2 Å². The molecule has 1 heterocycles. The predicted molar refractivity (Wildman–Crippen MR) is 78.9 cm³/mol. The van der Waals surface area contributed by atoms with Crippen molar-refractivity contribution in [1.82, 2.24) is 9.97 Å². The minimum atomic E-state index is -0.478. The van der Waals surface area contributed by atoms with Gasteiger partial charge in [0.15, 0.2) is 5.82 Å². The van der Waals surface area contributed by atoms with Crippen molar-refractivity contribution in [2.75, 3.05) is 11.9 Å². The number of nitrogens with one attached hydrogen (secondary N) is 1. The molecular formula is C13H12BrClFN3. The Morgan fingerprint density at radius 3 is 2.89 bits per heavy atom. The van der Waals surface area contributed by atoms with Gasteiger partial charge in [0.1, 0.15) is 11.6 Å². The summed E-state index contributed by atoms with van der Waals surface area (Å²) in [6.07, 6.45) is 2.63. The highest BCUT2D eigenvalue weighted by molar-refractivity contribution is 9.10. The van der Waals surface area contributed by atoms with E-state index in [1.54, 1.807) is 12.3 Å². The van der Waals surface area contributed by atoms with Crippen LogP contribution in [0.15, 0.2) is 28.9 Å². The van der Waals surface area contributed by atoms with Crippen LogP contribution in [0.4, 0.5) is 10.2 Å². The number of halogens is 3. The van der Waals surface area contributed by atoms with Gasteiger partial charge in [-0.25, -0.2) is 14.4 Å². The van der Waals surface area contributed by atoms with Crippen molar-refractivity contribution in [2.45, 2.75) is 13.3 Å². The number of hydrogen-bond donors (Lipinski definition) is 1. The molecule has 1 aromatic carbocycles. The Kier molecular flexibility index (Phi) is 4.71. The second kappa shape index (κ2) is 6.30. The smallest absolute Gasteiger partial charge is 0.161 e. The molecule has 0 unspecified atom stereocenters. The van der Waals surface area contributed by atoms with E-state index < -0.39 is 5.82 Å². The summed E-state index contributed by atoms with van der Waals surface area (Å²) in [7, 11) is 0. The molecule has 1 aromatic heterocycles. The number of nitrogens with zero attached hydrogens (tertiary/aromatic N) is 2. The lowest BCUT2D eigenvalue weighted by Crippen LogP contribution is -2.04. The Morgan fingerprint density at radius 1 is 1.42 bits per heavy atom. The van der Waals surface area contributed by atoms with Crippen LogP contribution in [0.3, 0.4) is 0 Å². The van der Waals surface area contributed by atoms with Gasteiger partial charge in [0.05, 0.1) is 9.50 Å². The maximum atomic E-state index is 13.4. The Bertz CT molecular complexity index is 592. The summed E-state index contributed by atoms with van der Waals surface area (Å²) in [4.78, 5) is 8.55. The molecule has 0 fully saturated rings. The number of hydrogen-bond acceptors (Lipinski definition) is 3. The topological polar surface area (TPSA) is 37.8 Å². The Morgan fingerprint density at radius 2 is 2.21 bits per heavy atom. The van der Waals surface area contributed by atoms with Crippen molar-refractivity contribution in [1.29, 1.82) is 0 Å². The molecule has 2 aromatic rings. The van der Waals surface area contributed by atoms with Gasteiger partial charge in [-0.1, -0.05) is 18.5 Å². The molecule has 19 heavy (non-hydrogen) atoms. The van der Waals surface area contributed by atoms with Crippen LogP contribution in [0.5, 0.6) is 0 Å². The van der Waals surface area contributed by atoms with Crippen molar-refractivity contribution < 1.29 is 4.39 Å². The van der Waals surface area contributed by atoms with Gasteiger partial charge in [0, 0.05) is 18.3 Å². The van der Waals surface area contributed by atoms with E-state index in [-0.39, 0.29) is 5.02 Å². The van der Waals surface area contributed by atoms with E-state index in [1.165, 1.54) is 12.1 Å². The van der Waals surface area contributed by atoms with Crippen molar-refractivity contribution in [3.05, 3.63) is 39.7 Å². The monoisotopic (exact) mass is 343 g/mol. The molecule has 0 amide bonds. The molecule has 3 nitrogen and oxygen atoms in total. The lowest BCUT2D eigenvalue weighted by Gasteiger charge is -2.08. The number of aromatic nitrogens is 2. The van der Waals surface area contributed by atoms with E-state index in [2.05, 4.69) is 38.1 Å². The Labute approximate surface area is 124 Å². The van der Waals surface area contributed by atoms with Crippen LogP contribution in [-0.2, 0) is 0 Å². The summed E-state index contributed by atoms with van der Waals surface area (Å²) >= 11 is 9.03. The third-order valence-electron chi connectivity index (χ3n) is 2.46. The first-order valence-corrected chi connectivity index (χ1v) is 7.00. The standard InChI is InChI=1S/C13H12BrClFN3/c1-2-5-17-13-9(14)7-18-12(19-13)8-3-4-10(15)11(16)6-8/h3-4,6-7H,2,5H2,1H3,(H,17,18,19). The largest absolute Gasteiger partial charge is 0.369 e. The predicted octanol–water partition coefficient (Wildman–Crippen LogP) is 4.52. The van der Waals surface area contributed by atoms with Crippen LogP contribution in [0.2, 0.25) is 5.02 Å². The van der Waals surface area contributed by atoms with E-state index in [1.807, 2.05) is 0 Å². The van der Waals surface area contributed by atoms with Gasteiger partial charge in [0.25, 0.3) is 0 Å². The summed E-state index contributed by atoms with van der Waals surface area (Å²) in [5.41, 5.74) is 0.592. The minimum absolute atomic E-state index is 0.0881. The summed E-state index contributed by atoms with van der Waals surface area (Å²) in [5.74, 6) is 0.674. The molecule has 0 saturated heterocycles. The van der Waals surface area contributed by atoms with Gasteiger partial charge >= 0.3 is 0 Å². The molecule has 2 rings (SSSR count). The highest BCUT2D eigenvalue weighted by atomic mass is 79.9. The minimum Gasteiger partial charge on any atom is -0.369 e. The number of anilines is 1. The van der Waals surface area contributed by atoms with Crippen LogP contribution >= 0.6 is 27.5 Å². The molecule has 0 aliphatic carbocycles. The number of benzene rings is 1. The third-order valence-corrected chi connectivity index (χ3v) is 3.35. The quantitative estimate of drug-likeness (QED) is 0.886. The second-order valence-electron chi connectivity index (χ2n) is 3.95. The molecule has 0 bridgehead atoms. The summed E-state index contributed by atoms with van der Waals surface area (Å²) in [5, 5.41) is 3.27. The zero-order valence-electron chi connectivity index (χ0n) is 10.3. The second-order valence-corrected chi connectivity index (χ2v) is 5.21. The van der Waals surface area contributed by atoms with Gasteiger partial charge < -0.3 is 5.32 Å². The van der Waals surface area contributed by atoms with Crippen LogP contribution < -0.4 is 5.32 Å². The molecule has 0 saturated carbocycles. The molecule has 0 aliphatic heterocycles. The Hall–Kier alpha value is -1.20. The van der Waals surface area contributed by atoms with Gasteiger partial charge in [-0.3, -0.25) is 0 Å². The summed E-state index contributed by atoms with van der Waals surface area (Å²) < 4.78 is 14.2. The van der Waals surface area contributed by atoms with E-state index in [0.717, 1.165) is 17.4 Å². The molecule has 0 radical (unpaired) electrons. The van der Waals surface area contributed by atoms with Gasteiger partial charge in [0.2, 0.25) is 0 Å². The van der Waals surface area contributed by atoms with Crippen molar-refractivity contribution in [2.24, 2.45) is 0 Å². The van der Waals surface area contributed by atoms with E-state index in [9.17, 15) is 4.39 Å². The SMILES string of the molecule is CCCNc1nc(-c2ccc(Cl)c(F)c2)ncc1Br. The summed E-state index contributed by atoms with van der Waals surface area (Å²) in [6.45, 7) is 2.88. The van der Waals surface area contributed by atoms with Crippen LogP contribution in [-0.4, -0.2) is 16.5 Å². The normalized spacial score (nSPS) is 10.5. The van der Waals surface area contributed by atoms with Crippen molar-refractivity contribution in [3.63, 3.8) is 0 Å². The summed E-state index contributed by atoms with van der Waals surface area (Å²) in [6, 6.07) is 4.52. The van der Waals surface area contributed by atoms with Crippen molar-refractivity contribution in [3.8, 4) is 11.4 Å². The fourth-order valence-corrected chi connectivity index (χ4v) is 1.96. The zero-order chi connectivity index (χ0) is 13.8. The van der Waals surface area contributed by atoms with E-state index >= 15 is 0 Å². The van der Waals surface area contributed by atoms with E-state index in [4.69, 9.17) is 11.6 Å². The average molecular weight is 345 g/mol. The lowest BCUT2D eigenvalue weighted by molar-refractivity contribution is 0.628. The third kappa shape index (κ3) is 3.42. The number of rotatable bonds is 4. The molecule has 1 N–H and O–H groups in total. The first kappa shape index (κ1) is 14.2. The first-order valence-electron chi connectivity index (χ1n) is 5.83. The van der Waals surface area contributed by atoms with Gasteiger partial charge in [-0.15, -0.1) is 0 Å². The highest BCUT2D eigenvalue weighted by Crippen LogP contribution is 2.25.